The van der Waals surface area contributed by atoms with E-state index >= 15 is 0 Å². The number of aryl methyl sites for hydroxylation is 1. The third kappa shape index (κ3) is 1.79. The first-order chi connectivity index (χ1) is 7.24. The number of aromatic hydroxyl groups is 1. The van der Waals surface area contributed by atoms with Gasteiger partial charge in [-0.2, -0.15) is 0 Å². The number of phenols is 1. The molecule has 0 atom stereocenters. The summed E-state index contributed by atoms with van der Waals surface area (Å²) in [7, 11) is 0. The Hall–Kier alpha value is -1.22. The van der Waals surface area contributed by atoms with Crippen molar-refractivity contribution < 1.29 is 9.90 Å². The molecule has 80 valence electrons. The molecule has 0 unspecified atom stereocenters. The standard InChI is InChI=1S/C11H12ClNO2/c12-7-10(15)13-6-2-4-8-3-1-5-9(14)11(8)13/h1,3,5,14H,2,4,6-7H2. The molecule has 1 N–H and O–H groups in total. The number of benzene rings is 1. The Bertz CT molecular complexity index is 392. The molecule has 0 saturated carbocycles. The monoisotopic (exact) mass is 225 g/mol. The molecule has 1 amide bonds. The number of hydrogen-bond donors (Lipinski definition) is 1. The Labute approximate surface area is 93.3 Å². The van der Waals surface area contributed by atoms with Gasteiger partial charge in [0.1, 0.15) is 11.6 Å². The summed E-state index contributed by atoms with van der Waals surface area (Å²) in [5.74, 6) is -0.0434. The van der Waals surface area contributed by atoms with Gasteiger partial charge in [0.15, 0.2) is 0 Å². The fourth-order valence-electron chi connectivity index (χ4n) is 1.95. The van der Waals surface area contributed by atoms with E-state index in [0.717, 1.165) is 18.4 Å². The summed E-state index contributed by atoms with van der Waals surface area (Å²) in [6.07, 6.45) is 1.81. The molecule has 2 rings (SSSR count). The summed E-state index contributed by atoms with van der Waals surface area (Å²) in [6, 6.07) is 5.32. The van der Waals surface area contributed by atoms with Crippen molar-refractivity contribution in [3.63, 3.8) is 0 Å². The van der Waals surface area contributed by atoms with Gasteiger partial charge in [-0.05, 0) is 24.5 Å². The van der Waals surface area contributed by atoms with Crippen LogP contribution in [0.15, 0.2) is 18.2 Å². The number of alkyl halides is 1. The quantitative estimate of drug-likeness (QED) is 0.742. The van der Waals surface area contributed by atoms with Gasteiger partial charge in [-0.15, -0.1) is 11.6 Å². The molecule has 0 aromatic heterocycles. The maximum Gasteiger partial charge on any atom is 0.242 e. The summed E-state index contributed by atoms with van der Waals surface area (Å²) in [5.41, 5.74) is 1.65. The smallest absolute Gasteiger partial charge is 0.242 e. The highest BCUT2D eigenvalue weighted by Crippen LogP contribution is 2.35. The lowest BCUT2D eigenvalue weighted by Gasteiger charge is -2.29. The number of anilines is 1. The number of rotatable bonds is 1. The predicted molar refractivity (Wildman–Crippen MR) is 59.5 cm³/mol. The second-order valence-electron chi connectivity index (χ2n) is 3.57. The van der Waals surface area contributed by atoms with Crippen molar-refractivity contribution in [2.75, 3.05) is 17.3 Å². The van der Waals surface area contributed by atoms with E-state index in [2.05, 4.69) is 0 Å². The summed E-state index contributed by atoms with van der Waals surface area (Å²) in [4.78, 5) is 13.1. The number of carbonyl (C=O) groups is 1. The Kier molecular flexibility index (Phi) is 2.82. The van der Waals surface area contributed by atoms with Crippen LogP contribution >= 0.6 is 11.6 Å². The van der Waals surface area contributed by atoms with Crippen LogP contribution in [-0.4, -0.2) is 23.4 Å². The predicted octanol–water partition coefficient (Wildman–Crippen LogP) is 1.91. The van der Waals surface area contributed by atoms with E-state index in [-0.39, 0.29) is 17.5 Å². The summed E-state index contributed by atoms with van der Waals surface area (Å²) >= 11 is 5.53. The SMILES string of the molecule is O=C(CCl)N1CCCc2cccc(O)c21. The Morgan fingerprint density at radius 3 is 3.07 bits per heavy atom. The van der Waals surface area contributed by atoms with Crippen LogP contribution in [0.3, 0.4) is 0 Å². The molecule has 0 saturated heterocycles. The molecule has 0 aliphatic carbocycles. The zero-order chi connectivity index (χ0) is 10.8. The fourth-order valence-corrected chi connectivity index (χ4v) is 2.10. The van der Waals surface area contributed by atoms with Crippen LogP contribution in [-0.2, 0) is 11.2 Å². The molecule has 1 heterocycles. The van der Waals surface area contributed by atoms with E-state index in [0.29, 0.717) is 12.2 Å². The van der Waals surface area contributed by atoms with Gasteiger partial charge >= 0.3 is 0 Å². The van der Waals surface area contributed by atoms with Crippen molar-refractivity contribution in [1.82, 2.24) is 0 Å². The van der Waals surface area contributed by atoms with E-state index in [1.54, 1.807) is 17.0 Å². The van der Waals surface area contributed by atoms with E-state index in [9.17, 15) is 9.90 Å². The van der Waals surface area contributed by atoms with Gasteiger partial charge in [0, 0.05) is 6.54 Å². The van der Waals surface area contributed by atoms with Crippen molar-refractivity contribution in [3.05, 3.63) is 23.8 Å². The highest BCUT2D eigenvalue weighted by Gasteiger charge is 2.24. The number of nitrogens with zero attached hydrogens (tertiary/aromatic N) is 1. The summed E-state index contributed by atoms with van der Waals surface area (Å²) < 4.78 is 0. The normalized spacial score (nSPS) is 14.9. The van der Waals surface area contributed by atoms with Gasteiger partial charge < -0.3 is 10.0 Å². The third-order valence-electron chi connectivity index (χ3n) is 2.61. The zero-order valence-corrected chi connectivity index (χ0v) is 9.00. The van der Waals surface area contributed by atoms with Gasteiger partial charge in [0.05, 0.1) is 5.69 Å². The molecular weight excluding hydrogens is 214 g/mol. The van der Waals surface area contributed by atoms with Crippen LogP contribution in [0.1, 0.15) is 12.0 Å². The van der Waals surface area contributed by atoms with E-state index in [1.165, 1.54) is 0 Å². The van der Waals surface area contributed by atoms with Crippen molar-refractivity contribution in [2.45, 2.75) is 12.8 Å². The fraction of sp³-hybridized carbons (Fsp3) is 0.364. The molecule has 1 aromatic rings. The summed E-state index contributed by atoms with van der Waals surface area (Å²) in [6.45, 7) is 0.635. The first-order valence-corrected chi connectivity index (χ1v) is 5.44. The van der Waals surface area contributed by atoms with Crippen molar-refractivity contribution in [1.29, 1.82) is 0 Å². The number of amides is 1. The van der Waals surface area contributed by atoms with Crippen LogP contribution in [0.25, 0.3) is 0 Å². The summed E-state index contributed by atoms with van der Waals surface area (Å²) in [5, 5.41) is 9.73. The number of phenolic OH excluding ortho intramolecular Hbond substituents is 1. The number of halogens is 1. The lowest BCUT2D eigenvalue weighted by Crippen LogP contribution is -2.36. The van der Waals surface area contributed by atoms with Crippen LogP contribution in [0, 0.1) is 0 Å². The third-order valence-corrected chi connectivity index (χ3v) is 2.84. The molecule has 0 radical (unpaired) electrons. The van der Waals surface area contributed by atoms with E-state index in [1.807, 2.05) is 6.07 Å². The zero-order valence-electron chi connectivity index (χ0n) is 8.24. The second kappa shape index (κ2) is 4.11. The topological polar surface area (TPSA) is 40.5 Å². The lowest BCUT2D eigenvalue weighted by atomic mass is 10.0. The van der Waals surface area contributed by atoms with Crippen LogP contribution < -0.4 is 4.90 Å². The van der Waals surface area contributed by atoms with Crippen molar-refractivity contribution in [3.8, 4) is 5.75 Å². The first kappa shape index (κ1) is 10.3. The molecule has 15 heavy (non-hydrogen) atoms. The molecule has 0 fully saturated rings. The molecule has 4 heteroatoms. The number of para-hydroxylation sites is 1. The molecule has 1 aromatic carbocycles. The molecule has 0 bridgehead atoms. The Balaban J connectivity index is 2.45. The van der Waals surface area contributed by atoms with Crippen LogP contribution in [0.4, 0.5) is 5.69 Å². The molecule has 0 spiro atoms. The highest BCUT2D eigenvalue weighted by atomic mass is 35.5. The minimum Gasteiger partial charge on any atom is -0.506 e. The van der Waals surface area contributed by atoms with E-state index < -0.39 is 0 Å². The van der Waals surface area contributed by atoms with Gasteiger partial charge in [0.25, 0.3) is 0 Å². The highest BCUT2D eigenvalue weighted by molar-refractivity contribution is 6.29. The molecule has 1 aliphatic heterocycles. The maximum atomic E-state index is 11.6. The average molecular weight is 226 g/mol. The minimum absolute atomic E-state index is 0.0478. The average Bonchev–Trinajstić information content (AvgIpc) is 2.28. The lowest BCUT2D eigenvalue weighted by molar-refractivity contribution is -0.116. The Morgan fingerprint density at radius 2 is 2.33 bits per heavy atom. The van der Waals surface area contributed by atoms with Crippen molar-refractivity contribution >= 4 is 23.2 Å². The molecule has 3 nitrogen and oxygen atoms in total. The van der Waals surface area contributed by atoms with Gasteiger partial charge in [-0.25, -0.2) is 0 Å². The van der Waals surface area contributed by atoms with Gasteiger partial charge in [0.2, 0.25) is 5.91 Å². The van der Waals surface area contributed by atoms with Crippen molar-refractivity contribution in [2.24, 2.45) is 0 Å². The van der Waals surface area contributed by atoms with E-state index in [4.69, 9.17) is 11.6 Å². The number of carbonyl (C=O) groups excluding carboxylic acids is 1. The van der Waals surface area contributed by atoms with Gasteiger partial charge in [-0.3, -0.25) is 4.79 Å². The Morgan fingerprint density at radius 1 is 1.53 bits per heavy atom. The van der Waals surface area contributed by atoms with Gasteiger partial charge in [-0.1, -0.05) is 12.1 Å². The molecule has 1 aliphatic rings. The first-order valence-electron chi connectivity index (χ1n) is 4.91. The minimum atomic E-state index is -0.154. The van der Waals surface area contributed by atoms with Crippen LogP contribution in [0.5, 0.6) is 5.75 Å². The number of hydrogen-bond acceptors (Lipinski definition) is 2. The maximum absolute atomic E-state index is 11.6. The largest absolute Gasteiger partial charge is 0.506 e. The second-order valence-corrected chi connectivity index (χ2v) is 3.83. The molecular formula is C11H12ClNO2. The number of fused-ring (bicyclic) bond motifs is 1. The van der Waals surface area contributed by atoms with Crippen LogP contribution in [0.2, 0.25) is 0 Å².